The topological polar surface area (TPSA) is 58.6 Å². The maximum absolute atomic E-state index is 11.3. The van der Waals surface area contributed by atoms with Gasteiger partial charge < -0.3 is 15.2 Å². The summed E-state index contributed by atoms with van der Waals surface area (Å²) < 4.78 is 5.81. The van der Waals surface area contributed by atoms with Gasteiger partial charge in [-0.1, -0.05) is 13.8 Å². The van der Waals surface area contributed by atoms with E-state index in [-0.39, 0.29) is 12.7 Å². The van der Waals surface area contributed by atoms with Crippen LogP contribution < -0.4 is 5.32 Å². The summed E-state index contributed by atoms with van der Waals surface area (Å²) >= 11 is 0. The van der Waals surface area contributed by atoms with Crippen LogP contribution in [0.5, 0.6) is 0 Å². The molecule has 4 heteroatoms. The molecule has 0 amide bonds. The molecule has 1 atom stereocenters. The van der Waals surface area contributed by atoms with Crippen LogP contribution in [0.15, 0.2) is 0 Å². The van der Waals surface area contributed by atoms with Gasteiger partial charge in [0, 0.05) is 0 Å². The molecule has 0 spiro atoms. The van der Waals surface area contributed by atoms with E-state index in [0.29, 0.717) is 6.54 Å². The Balaban J connectivity index is 2.39. The van der Waals surface area contributed by atoms with Crippen molar-refractivity contribution in [3.63, 3.8) is 0 Å². The van der Waals surface area contributed by atoms with Crippen LogP contribution in [0.2, 0.25) is 0 Å². The monoisotopic (exact) mass is 257 g/mol. The highest BCUT2D eigenvalue weighted by molar-refractivity contribution is 5.78. The summed E-state index contributed by atoms with van der Waals surface area (Å²) in [5.41, 5.74) is -0.959. The molecular formula is C14H27NO3. The van der Waals surface area contributed by atoms with Crippen LogP contribution in [0.3, 0.4) is 0 Å². The summed E-state index contributed by atoms with van der Waals surface area (Å²) in [6.45, 7) is 6.95. The van der Waals surface area contributed by atoms with Crippen LogP contribution in [-0.4, -0.2) is 35.9 Å². The summed E-state index contributed by atoms with van der Waals surface area (Å²) in [4.78, 5) is 11.3. The van der Waals surface area contributed by atoms with Gasteiger partial charge in [-0.2, -0.15) is 0 Å². The third-order valence-corrected chi connectivity index (χ3v) is 3.81. The molecule has 0 bridgehead atoms. The van der Waals surface area contributed by atoms with E-state index >= 15 is 0 Å². The standard InChI is InChI=1S/C14H27NO3/c1-4-9-15-14(3,13(16)17)10-18-12-7-5-11(2)6-8-12/h11-12,15H,4-10H2,1-3H3,(H,16,17). The van der Waals surface area contributed by atoms with E-state index in [1.165, 1.54) is 12.8 Å². The molecule has 2 N–H and O–H groups in total. The maximum Gasteiger partial charge on any atom is 0.326 e. The molecule has 0 aliphatic heterocycles. The van der Waals surface area contributed by atoms with Crippen molar-refractivity contribution in [2.45, 2.75) is 64.5 Å². The lowest BCUT2D eigenvalue weighted by Crippen LogP contribution is -2.54. The highest BCUT2D eigenvalue weighted by Gasteiger charge is 2.34. The van der Waals surface area contributed by atoms with Crippen LogP contribution >= 0.6 is 0 Å². The molecule has 0 aromatic carbocycles. The number of aliphatic carboxylic acids is 1. The van der Waals surface area contributed by atoms with E-state index < -0.39 is 11.5 Å². The first-order valence-electron chi connectivity index (χ1n) is 7.08. The Morgan fingerprint density at radius 3 is 2.50 bits per heavy atom. The molecule has 1 aliphatic carbocycles. The smallest absolute Gasteiger partial charge is 0.326 e. The van der Waals surface area contributed by atoms with Crippen LogP contribution in [-0.2, 0) is 9.53 Å². The zero-order valence-corrected chi connectivity index (χ0v) is 11.9. The molecule has 4 nitrogen and oxygen atoms in total. The average Bonchev–Trinajstić information content (AvgIpc) is 2.35. The van der Waals surface area contributed by atoms with Gasteiger partial charge in [0.1, 0.15) is 5.54 Å². The first-order valence-corrected chi connectivity index (χ1v) is 7.08. The molecular weight excluding hydrogens is 230 g/mol. The first kappa shape index (κ1) is 15.4. The number of hydrogen-bond donors (Lipinski definition) is 2. The van der Waals surface area contributed by atoms with Gasteiger partial charge in [0.2, 0.25) is 0 Å². The van der Waals surface area contributed by atoms with E-state index in [2.05, 4.69) is 12.2 Å². The number of carbonyl (C=O) groups is 1. The molecule has 1 aliphatic rings. The van der Waals surface area contributed by atoms with Crippen LogP contribution in [0.1, 0.15) is 52.9 Å². The van der Waals surface area contributed by atoms with Crippen LogP contribution in [0.4, 0.5) is 0 Å². The van der Waals surface area contributed by atoms with Gasteiger partial charge in [-0.05, 0) is 51.5 Å². The van der Waals surface area contributed by atoms with Crippen molar-refractivity contribution >= 4 is 5.97 Å². The molecule has 1 unspecified atom stereocenters. The second-order valence-electron chi connectivity index (χ2n) is 5.76. The summed E-state index contributed by atoms with van der Waals surface area (Å²) in [6, 6.07) is 0. The van der Waals surface area contributed by atoms with E-state index in [1.807, 2.05) is 6.92 Å². The summed E-state index contributed by atoms with van der Waals surface area (Å²) in [6.07, 6.45) is 5.66. The fourth-order valence-electron chi connectivity index (χ4n) is 2.27. The maximum atomic E-state index is 11.3. The molecule has 0 aromatic heterocycles. The molecule has 1 rings (SSSR count). The Hall–Kier alpha value is -0.610. The van der Waals surface area contributed by atoms with Gasteiger partial charge in [-0.25, -0.2) is 0 Å². The average molecular weight is 257 g/mol. The van der Waals surface area contributed by atoms with Crippen molar-refractivity contribution in [3.8, 4) is 0 Å². The van der Waals surface area contributed by atoms with Crippen LogP contribution in [0, 0.1) is 5.92 Å². The molecule has 1 saturated carbocycles. The molecule has 18 heavy (non-hydrogen) atoms. The minimum absolute atomic E-state index is 0.239. The number of carboxylic acid groups (broad SMARTS) is 1. The highest BCUT2D eigenvalue weighted by Crippen LogP contribution is 2.26. The number of rotatable bonds is 7. The van der Waals surface area contributed by atoms with Gasteiger partial charge in [-0.15, -0.1) is 0 Å². The van der Waals surface area contributed by atoms with Crippen molar-refractivity contribution < 1.29 is 14.6 Å². The first-order chi connectivity index (χ1) is 8.48. The molecule has 106 valence electrons. The predicted molar refractivity (Wildman–Crippen MR) is 71.7 cm³/mol. The lowest BCUT2D eigenvalue weighted by Gasteiger charge is -2.31. The number of nitrogens with one attached hydrogen (secondary N) is 1. The quantitative estimate of drug-likeness (QED) is 0.735. The van der Waals surface area contributed by atoms with Crippen molar-refractivity contribution in [2.24, 2.45) is 5.92 Å². The Bertz CT molecular complexity index is 262. The fourth-order valence-corrected chi connectivity index (χ4v) is 2.27. The summed E-state index contributed by atoms with van der Waals surface area (Å²) in [5, 5.41) is 12.4. The largest absolute Gasteiger partial charge is 0.480 e. The predicted octanol–water partition coefficient (Wildman–Crippen LogP) is 2.42. The molecule has 0 saturated heterocycles. The third kappa shape index (κ3) is 4.58. The zero-order chi connectivity index (χ0) is 13.6. The summed E-state index contributed by atoms with van der Waals surface area (Å²) in [7, 11) is 0. The second-order valence-corrected chi connectivity index (χ2v) is 5.76. The lowest BCUT2D eigenvalue weighted by atomic mass is 9.89. The normalized spacial score (nSPS) is 27.7. The minimum Gasteiger partial charge on any atom is -0.480 e. The molecule has 0 aromatic rings. The van der Waals surface area contributed by atoms with E-state index in [4.69, 9.17) is 4.74 Å². The Morgan fingerprint density at radius 1 is 1.39 bits per heavy atom. The van der Waals surface area contributed by atoms with Gasteiger partial charge in [0.15, 0.2) is 0 Å². The van der Waals surface area contributed by atoms with Gasteiger partial charge >= 0.3 is 5.97 Å². The van der Waals surface area contributed by atoms with Crippen molar-refractivity contribution in [1.82, 2.24) is 5.32 Å². The lowest BCUT2D eigenvalue weighted by molar-refractivity contribution is -0.148. The van der Waals surface area contributed by atoms with Gasteiger partial charge in [0.05, 0.1) is 12.7 Å². The van der Waals surface area contributed by atoms with Gasteiger partial charge in [-0.3, -0.25) is 4.79 Å². The van der Waals surface area contributed by atoms with E-state index in [9.17, 15) is 9.90 Å². The Labute approximate surface area is 110 Å². The highest BCUT2D eigenvalue weighted by atomic mass is 16.5. The Morgan fingerprint density at radius 2 is 2.00 bits per heavy atom. The van der Waals surface area contributed by atoms with Crippen molar-refractivity contribution in [3.05, 3.63) is 0 Å². The molecule has 1 fully saturated rings. The number of carboxylic acids is 1. The molecule has 0 radical (unpaired) electrons. The van der Waals surface area contributed by atoms with Crippen molar-refractivity contribution in [1.29, 1.82) is 0 Å². The molecule has 0 heterocycles. The SMILES string of the molecule is CCCNC(C)(COC1CCC(C)CC1)C(=O)O. The van der Waals surface area contributed by atoms with Crippen molar-refractivity contribution in [2.75, 3.05) is 13.2 Å². The van der Waals surface area contributed by atoms with Crippen LogP contribution in [0.25, 0.3) is 0 Å². The Kier molecular flexibility index (Phi) is 6.09. The summed E-state index contributed by atoms with van der Waals surface area (Å²) in [5.74, 6) is -0.0472. The third-order valence-electron chi connectivity index (χ3n) is 3.81. The fraction of sp³-hybridized carbons (Fsp3) is 0.929. The minimum atomic E-state index is -0.959. The second kappa shape index (κ2) is 7.10. The van der Waals surface area contributed by atoms with E-state index in [1.54, 1.807) is 6.92 Å². The number of ether oxygens (including phenoxy) is 1. The zero-order valence-electron chi connectivity index (χ0n) is 11.9. The number of hydrogen-bond acceptors (Lipinski definition) is 3. The van der Waals surface area contributed by atoms with Gasteiger partial charge in [0.25, 0.3) is 0 Å². The van der Waals surface area contributed by atoms with E-state index in [0.717, 1.165) is 25.2 Å².